The van der Waals surface area contributed by atoms with E-state index in [-0.39, 0.29) is 88.5 Å². The van der Waals surface area contributed by atoms with E-state index in [0.29, 0.717) is 87.5 Å². The van der Waals surface area contributed by atoms with Gasteiger partial charge in [0.05, 0.1) is 11.2 Å². The van der Waals surface area contributed by atoms with Crippen molar-refractivity contribution in [3.8, 4) is 5.75 Å². The van der Waals surface area contributed by atoms with Gasteiger partial charge >= 0.3 is 29.9 Å². The summed E-state index contributed by atoms with van der Waals surface area (Å²) in [6.45, 7) is 11.6. The summed E-state index contributed by atoms with van der Waals surface area (Å²) in [5.74, 6) is -7.67. The molecule has 0 saturated heterocycles. The quantitative estimate of drug-likeness (QED) is 0.00582. The number of nitrogens with two attached hydrogens (primary N) is 1. The second-order valence-electron chi connectivity index (χ2n) is 30.3. The Balaban J connectivity index is 1.04. The maximum atomic E-state index is 14.5. The molecule has 16 N–H and O–H groups in total. The van der Waals surface area contributed by atoms with Crippen LogP contribution in [0.25, 0.3) is 0 Å². The lowest BCUT2D eigenvalue weighted by Gasteiger charge is -2.27. The number of ether oxygens (including phenoxy) is 1. The molecule has 0 aromatic heterocycles. The number of rotatable bonds is 48. The molecule has 1 unspecified atom stereocenters. The highest BCUT2D eigenvalue weighted by molar-refractivity contribution is 7.85. The number of carboxylic acids is 4. The zero-order valence-corrected chi connectivity index (χ0v) is 68.2. The van der Waals surface area contributed by atoms with Crippen LogP contribution in [0.3, 0.4) is 0 Å². The van der Waals surface area contributed by atoms with Gasteiger partial charge in [0, 0.05) is 125 Å². The van der Waals surface area contributed by atoms with E-state index >= 15 is 0 Å². The van der Waals surface area contributed by atoms with Gasteiger partial charge in [-0.1, -0.05) is 98.8 Å². The Labute approximate surface area is 679 Å². The number of unbranched alkanes of at least 4 members (excludes halogenated alkanes) is 2. The number of hydrogen-bond acceptors (Lipinski definition) is 17. The molecule has 2 aliphatic heterocycles. The van der Waals surface area contributed by atoms with Crippen LogP contribution < -0.4 is 52.6 Å². The first-order valence-electron chi connectivity index (χ1n) is 38.9. The Kier molecular flexibility index (Phi) is 35.5. The van der Waals surface area contributed by atoms with Crippen molar-refractivity contribution in [3.05, 3.63) is 172 Å². The fourth-order valence-corrected chi connectivity index (χ4v) is 15.2. The van der Waals surface area contributed by atoms with Crippen LogP contribution in [0, 0.1) is 5.41 Å². The van der Waals surface area contributed by atoms with Gasteiger partial charge in [0.25, 0.3) is 10.1 Å². The van der Waals surface area contributed by atoms with Crippen molar-refractivity contribution in [2.24, 2.45) is 5.73 Å². The molecule has 1 aliphatic carbocycles. The Morgan fingerprint density at radius 3 is 1.87 bits per heavy atom. The summed E-state index contributed by atoms with van der Waals surface area (Å²) < 4.78 is 63.6. The first-order chi connectivity index (χ1) is 55.0. The molecule has 0 radical (unpaired) electrons. The number of carbonyl (C=O) groups is 9. The molecular weight excluding hydrogens is 1540 g/mol. The van der Waals surface area contributed by atoms with Crippen LogP contribution in [0.1, 0.15) is 140 Å². The maximum Gasteiger partial charge on any atom is 0.326 e. The predicted octanol–water partition coefficient (Wildman–Crippen LogP) is 6.22. The molecule has 4 aromatic carbocycles. The first-order valence-corrected chi connectivity index (χ1v) is 41.8. The minimum Gasteiger partial charge on any atom is -0.481 e. The van der Waals surface area contributed by atoms with Crippen molar-refractivity contribution in [1.29, 1.82) is 5.41 Å². The van der Waals surface area contributed by atoms with Gasteiger partial charge in [-0.15, -0.1) is 0 Å². The van der Waals surface area contributed by atoms with E-state index < -0.39 is 129 Å². The topological polar surface area (TPSA) is 482 Å². The average molecular weight is 1650 g/mol. The van der Waals surface area contributed by atoms with E-state index in [1.165, 1.54) is 0 Å². The number of allylic oxidation sites excluding steroid dienone is 7. The lowest BCUT2D eigenvalue weighted by Crippen LogP contribution is -2.56. The highest BCUT2D eigenvalue weighted by Crippen LogP contribution is 2.48. The zero-order valence-electron chi connectivity index (χ0n) is 66.6. The van der Waals surface area contributed by atoms with E-state index in [1.54, 1.807) is 68.7 Å². The van der Waals surface area contributed by atoms with Crippen molar-refractivity contribution < 1.29 is 94.6 Å². The maximum absolute atomic E-state index is 14.5. The third-order valence-corrected chi connectivity index (χ3v) is 22.0. The molecular formula is C82H112N13O19S2+. The van der Waals surface area contributed by atoms with Crippen LogP contribution >= 0.6 is 0 Å². The van der Waals surface area contributed by atoms with Crippen LogP contribution in [-0.2, 0) is 83.2 Å². The smallest absolute Gasteiger partial charge is 0.326 e. The summed E-state index contributed by atoms with van der Waals surface area (Å²) in [5.41, 5.74) is 14.0. The third kappa shape index (κ3) is 29.0. The molecule has 0 spiro atoms. The highest BCUT2D eigenvalue weighted by Gasteiger charge is 2.45. The van der Waals surface area contributed by atoms with Gasteiger partial charge < -0.3 is 87.4 Å². The zero-order chi connectivity index (χ0) is 84.9. The molecule has 2 heterocycles. The van der Waals surface area contributed by atoms with Gasteiger partial charge in [-0.3, -0.25) is 33.9 Å². The summed E-state index contributed by atoms with van der Waals surface area (Å²) >= 11 is -1.92. The standard InChI is InChI=1S/C82H111N13O19S2/c1-81(2)59-24-10-12-27-66(59)94(44-14-16-50-115(109)110)68(81)37-31-56-22-18-23-57(32-38-69-82(3,4)60-25-11-13-28-67(60)95(69)45-15-17-51-116(111,112)113)73(56)114-58-33-29-55(30-34-58)53-65(78(106)107)89-74(100)61(26-19-42-86-79(83)84)88-75(101)64(52-54-20-8-7-9-21-54)87-71(97)41-46-92(5)48-49-93(6)47-43-85-70(96)39-35-62(76(102)103)90-80(108)91-63(77(104)105)36-40-72(98)99/h7-13,20-21,24-25,27-34,37-38,61-65H,14-19,22-23,26,35-36,39-53H2,1-6H3,(H15-,83,84,85,86,87,88,89,90,91,96,97,98,99,100,101,102,103,104,105,106,107,108,109,110,111,112,113)/p+1/t61-,62+,63+,64-,65-/m0/s1. The minimum atomic E-state index is -4.16. The van der Waals surface area contributed by atoms with Crippen molar-refractivity contribution in [2.75, 3.05) is 82.9 Å². The molecule has 3 aliphatic rings. The van der Waals surface area contributed by atoms with Gasteiger partial charge in [-0.25, -0.2) is 23.4 Å². The SMILES string of the molecule is CN(CCNC(=O)CC[C@@H](NC(=O)N[C@H](CCC(=O)O)C(=O)O)C(=O)O)CCN(C)CCC(=O)N[C@@H](Cc1ccccc1)C(=O)N[C@@H](CCCNC(=N)N)C(=O)N[C@@H](Cc1ccc(OC2=C(/C=C/C3=[N+](CCCCS(=O)(=O)O)c4ccccc4C3(C)C)CCC/C2=C\C=C2\N(CCCCS(=O)O)c3ccccc3C2(C)C)cc1)C(=O)O. The van der Waals surface area contributed by atoms with Crippen LogP contribution in [0.2, 0.25) is 0 Å². The van der Waals surface area contributed by atoms with E-state index in [0.717, 1.165) is 51.5 Å². The van der Waals surface area contributed by atoms with Crippen LogP contribution in [0.15, 0.2) is 150 Å². The monoisotopic (exact) mass is 1650 g/mol. The molecule has 0 bridgehead atoms. The average Bonchev–Trinajstić information content (AvgIpc) is 1.60. The van der Waals surface area contributed by atoms with Gasteiger partial charge in [-0.2, -0.15) is 13.0 Å². The fraction of sp³-hybridized carbons (Fsp3) is 0.476. The molecule has 630 valence electrons. The van der Waals surface area contributed by atoms with E-state index in [9.17, 15) is 80.2 Å². The summed E-state index contributed by atoms with van der Waals surface area (Å²) in [6.07, 6.45) is 10.7. The van der Waals surface area contributed by atoms with E-state index in [4.69, 9.17) is 21.0 Å². The number of fused-ring (bicyclic) bond motifs is 2. The van der Waals surface area contributed by atoms with Crippen molar-refractivity contribution in [1.82, 2.24) is 47.0 Å². The summed E-state index contributed by atoms with van der Waals surface area (Å²) in [4.78, 5) is 121. The van der Waals surface area contributed by atoms with Crippen molar-refractivity contribution >= 4 is 97.8 Å². The summed E-state index contributed by atoms with van der Waals surface area (Å²) in [5, 5.41) is 64.1. The van der Waals surface area contributed by atoms with Gasteiger partial charge in [0.15, 0.2) is 22.8 Å². The number of likely N-dealkylation sites (N-methyl/N-ethyl adjacent to an activating group) is 2. The number of nitrogens with zero attached hydrogens (tertiary/aromatic N) is 4. The number of aliphatic carboxylic acids is 4. The molecule has 7 rings (SSSR count). The Morgan fingerprint density at radius 1 is 0.621 bits per heavy atom. The molecule has 4 aromatic rings. The highest BCUT2D eigenvalue weighted by atomic mass is 32.2. The molecule has 34 heteroatoms. The number of amides is 6. The van der Waals surface area contributed by atoms with Crippen LogP contribution in [0.5, 0.6) is 5.75 Å². The Bertz CT molecular complexity index is 4450. The second-order valence-corrected chi connectivity index (χ2v) is 32.9. The van der Waals surface area contributed by atoms with Gasteiger partial charge in [-0.05, 0) is 150 Å². The number of benzene rings is 4. The number of carboxylic acid groups (broad SMARTS) is 4. The third-order valence-electron chi connectivity index (χ3n) is 20.6. The Hall–Kier alpha value is -10.7. The molecule has 0 fully saturated rings. The summed E-state index contributed by atoms with van der Waals surface area (Å²) in [7, 11) is -0.568. The van der Waals surface area contributed by atoms with Crippen molar-refractivity contribution in [3.63, 3.8) is 0 Å². The predicted molar refractivity (Wildman–Crippen MR) is 440 cm³/mol. The van der Waals surface area contributed by atoms with Crippen molar-refractivity contribution in [2.45, 2.75) is 171 Å². The largest absolute Gasteiger partial charge is 0.481 e. The van der Waals surface area contributed by atoms with Gasteiger partial charge in [0.2, 0.25) is 29.3 Å². The lowest BCUT2D eigenvalue weighted by atomic mass is 9.81. The number of nitrogens with one attached hydrogen (secondary N) is 8. The summed E-state index contributed by atoms with van der Waals surface area (Å²) in [6, 6.07) is 23.7. The number of urea groups is 1. The number of guanidine groups is 1. The molecule has 6 atom stereocenters. The minimum absolute atomic E-state index is 0.0163. The van der Waals surface area contributed by atoms with E-state index in [2.05, 4.69) is 112 Å². The number of hydrogen-bond donors (Lipinski definition) is 15. The first kappa shape index (κ1) is 92.5. The number of anilines is 1. The van der Waals surface area contributed by atoms with Gasteiger partial charge in [0.1, 0.15) is 48.3 Å². The second kappa shape index (κ2) is 44.5. The molecule has 116 heavy (non-hydrogen) atoms. The normalized spacial score (nSPS) is 16.6. The van der Waals surface area contributed by atoms with Crippen LogP contribution in [-0.4, -0.2) is 230 Å². The van der Waals surface area contributed by atoms with Crippen LogP contribution in [0.4, 0.5) is 16.2 Å². The fourth-order valence-electron chi connectivity index (χ4n) is 14.2. The number of carbonyl (C=O) groups excluding carboxylic acids is 5. The molecule has 6 amide bonds. The lowest BCUT2D eigenvalue weighted by molar-refractivity contribution is -0.438. The van der Waals surface area contributed by atoms with E-state index in [1.807, 2.05) is 45.4 Å². The Morgan fingerprint density at radius 2 is 1.22 bits per heavy atom. The molecule has 0 saturated carbocycles. The number of para-hydroxylation sites is 2. The molecule has 32 nitrogen and oxygen atoms in total.